The van der Waals surface area contributed by atoms with Crippen molar-refractivity contribution in [3.63, 3.8) is 0 Å². The van der Waals surface area contributed by atoms with E-state index < -0.39 is 11.4 Å². The van der Waals surface area contributed by atoms with Crippen molar-refractivity contribution >= 4 is 23.3 Å². The molecule has 7 nitrogen and oxygen atoms in total. The lowest BCUT2D eigenvalue weighted by molar-refractivity contribution is -0.154. The Kier molecular flexibility index (Phi) is 5.13. The molecule has 0 spiro atoms. The Hall–Kier alpha value is -1.67. The van der Waals surface area contributed by atoms with Gasteiger partial charge >= 0.3 is 12.0 Å². The predicted octanol–water partition coefficient (Wildman–Crippen LogP) is 1.13. The van der Waals surface area contributed by atoms with Crippen LogP contribution in [0, 0.1) is 12.3 Å². The van der Waals surface area contributed by atoms with Crippen LogP contribution in [-0.2, 0) is 16.1 Å². The molecule has 2 amide bonds. The lowest BCUT2D eigenvalue weighted by Crippen LogP contribution is -2.48. The van der Waals surface area contributed by atoms with Crippen LogP contribution in [-0.4, -0.2) is 41.8 Å². The first-order valence-electron chi connectivity index (χ1n) is 6.76. The van der Waals surface area contributed by atoms with E-state index in [2.05, 4.69) is 15.6 Å². The van der Waals surface area contributed by atoms with Gasteiger partial charge in [0.1, 0.15) is 5.01 Å². The highest BCUT2D eigenvalue weighted by molar-refractivity contribution is 7.09. The van der Waals surface area contributed by atoms with Gasteiger partial charge in [0.25, 0.3) is 0 Å². The minimum Gasteiger partial charge on any atom is -0.481 e. The minimum atomic E-state index is -0.923. The first kappa shape index (κ1) is 15.7. The summed E-state index contributed by atoms with van der Waals surface area (Å²) in [6.45, 7) is 3.16. The monoisotopic (exact) mass is 313 g/mol. The van der Waals surface area contributed by atoms with Crippen molar-refractivity contribution in [1.82, 2.24) is 15.6 Å². The zero-order chi connectivity index (χ0) is 15.3. The quantitative estimate of drug-likeness (QED) is 0.756. The molecule has 116 valence electrons. The molecular formula is C13H19N3O4S. The third-order valence-electron chi connectivity index (χ3n) is 3.56. The number of urea groups is 1. The van der Waals surface area contributed by atoms with Crippen molar-refractivity contribution < 1.29 is 19.4 Å². The molecule has 1 aromatic heterocycles. The van der Waals surface area contributed by atoms with Crippen molar-refractivity contribution in [2.24, 2.45) is 5.41 Å². The van der Waals surface area contributed by atoms with Crippen LogP contribution in [0.25, 0.3) is 0 Å². The average molecular weight is 313 g/mol. The molecule has 0 aliphatic carbocycles. The number of thiazole rings is 1. The normalized spacial score (nSPS) is 17.2. The standard InChI is InChI=1S/C13H19N3O4S/c1-9-7-21-10(16-9)6-14-12(19)15-8-13(11(17)18)2-4-20-5-3-13/h7H,2-6,8H2,1H3,(H,17,18)(H2,14,15,19). The minimum absolute atomic E-state index is 0.106. The molecule has 2 rings (SSSR count). The highest BCUT2D eigenvalue weighted by Gasteiger charge is 2.40. The van der Waals surface area contributed by atoms with E-state index in [1.807, 2.05) is 12.3 Å². The average Bonchev–Trinajstić information content (AvgIpc) is 2.89. The summed E-state index contributed by atoms with van der Waals surface area (Å²) in [7, 11) is 0. The first-order valence-corrected chi connectivity index (χ1v) is 7.64. The molecular weight excluding hydrogens is 294 g/mol. The van der Waals surface area contributed by atoms with Crippen molar-refractivity contribution in [3.8, 4) is 0 Å². The number of hydrogen-bond donors (Lipinski definition) is 3. The van der Waals surface area contributed by atoms with E-state index in [0.717, 1.165) is 10.7 Å². The molecule has 0 aromatic carbocycles. The van der Waals surface area contributed by atoms with Crippen molar-refractivity contribution in [2.45, 2.75) is 26.3 Å². The molecule has 21 heavy (non-hydrogen) atoms. The maximum absolute atomic E-state index is 11.8. The molecule has 8 heteroatoms. The summed E-state index contributed by atoms with van der Waals surface area (Å²) in [6, 6.07) is -0.380. The number of amides is 2. The number of nitrogens with one attached hydrogen (secondary N) is 2. The lowest BCUT2D eigenvalue weighted by Gasteiger charge is -2.33. The van der Waals surface area contributed by atoms with Gasteiger partial charge in [-0.25, -0.2) is 9.78 Å². The van der Waals surface area contributed by atoms with Crippen molar-refractivity contribution in [2.75, 3.05) is 19.8 Å². The lowest BCUT2D eigenvalue weighted by atomic mass is 9.80. The van der Waals surface area contributed by atoms with Crippen LogP contribution in [0.5, 0.6) is 0 Å². The molecule has 0 bridgehead atoms. The zero-order valence-electron chi connectivity index (χ0n) is 11.8. The van der Waals surface area contributed by atoms with Gasteiger partial charge in [-0.1, -0.05) is 0 Å². The number of nitrogens with zero attached hydrogens (tertiary/aromatic N) is 1. The largest absolute Gasteiger partial charge is 0.481 e. The number of aliphatic carboxylic acids is 1. The number of aryl methyl sites for hydroxylation is 1. The molecule has 1 fully saturated rings. The summed E-state index contributed by atoms with van der Waals surface area (Å²) >= 11 is 1.48. The van der Waals surface area contributed by atoms with E-state index in [4.69, 9.17) is 4.74 Å². The Morgan fingerprint density at radius 3 is 2.71 bits per heavy atom. The molecule has 1 aromatic rings. The maximum Gasteiger partial charge on any atom is 0.315 e. The number of carboxylic acid groups (broad SMARTS) is 1. The topological polar surface area (TPSA) is 101 Å². The number of carbonyl (C=O) groups excluding carboxylic acids is 1. The third kappa shape index (κ3) is 4.15. The molecule has 0 atom stereocenters. The predicted molar refractivity (Wildman–Crippen MR) is 77.2 cm³/mol. The maximum atomic E-state index is 11.8. The van der Waals surface area contributed by atoms with Crippen molar-refractivity contribution in [1.29, 1.82) is 0 Å². The van der Waals surface area contributed by atoms with E-state index in [9.17, 15) is 14.7 Å². The van der Waals surface area contributed by atoms with Gasteiger partial charge in [-0.3, -0.25) is 4.79 Å². The Balaban J connectivity index is 1.80. The summed E-state index contributed by atoms with van der Waals surface area (Å²) in [4.78, 5) is 27.4. The number of ether oxygens (including phenoxy) is 1. The Morgan fingerprint density at radius 2 is 2.14 bits per heavy atom. The second-order valence-corrected chi connectivity index (χ2v) is 6.06. The van der Waals surface area contributed by atoms with Gasteiger partial charge in [-0.05, 0) is 19.8 Å². The number of rotatable bonds is 5. The Labute approximate surface area is 126 Å². The van der Waals surface area contributed by atoms with Gasteiger partial charge in [0, 0.05) is 30.8 Å². The van der Waals surface area contributed by atoms with Gasteiger partial charge in [-0.2, -0.15) is 0 Å². The van der Waals surface area contributed by atoms with Crippen LogP contribution in [0.15, 0.2) is 5.38 Å². The molecule has 0 saturated carbocycles. The SMILES string of the molecule is Cc1csc(CNC(=O)NCC2(C(=O)O)CCOCC2)n1. The summed E-state index contributed by atoms with van der Waals surface area (Å²) in [5.41, 5.74) is -0.00266. The second kappa shape index (κ2) is 6.86. The second-order valence-electron chi connectivity index (χ2n) is 5.12. The van der Waals surface area contributed by atoms with Crippen LogP contribution in [0.3, 0.4) is 0 Å². The Morgan fingerprint density at radius 1 is 1.43 bits per heavy atom. The Bertz CT molecular complexity index is 511. The van der Waals surface area contributed by atoms with E-state index in [1.165, 1.54) is 11.3 Å². The van der Waals surface area contributed by atoms with E-state index in [-0.39, 0.29) is 12.6 Å². The highest BCUT2D eigenvalue weighted by atomic mass is 32.1. The molecule has 3 N–H and O–H groups in total. The van der Waals surface area contributed by atoms with Crippen LogP contribution < -0.4 is 10.6 Å². The molecule has 2 heterocycles. The summed E-state index contributed by atoms with van der Waals surface area (Å²) in [6.07, 6.45) is 0.822. The molecule has 1 aliphatic rings. The van der Waals surface area contributed by atoms with E-state index in [0.29, 0.717) is 32.6 Å². The van der Waals surface area contributed by atoms with Crippen LogP contribution in [0.4, 0.5) is 4.79 Å². The van der Waals surface area contributed by atoms with Crippen LogP contribution in [0.2, 0.25) is 0 Å². The molecule has 0 radical (unpaired) electrons. The summed E-state index contributed by atoms with van der Waals surface area (Å²) < 4.78 is 5.19. The molecule has 0 unspecified atom stereocenters. The van der Waals surface area contributed by atoms with Gasteiger partial charge in [0.05, 0.1) is 12.0 Å². The number of aromatic nitrogens is 1. The fraction of sp³-hybridized carbons (Fsp3) is 0.615. The molecule has 1 aliphatic heterocycles. The highest BCUT2D eigenvalue weighted by Crippen LogP contribution is 2.29. The number of carboxylic acids is 1. The fourth-order valence-corrected chi connectivity index (χ4v) is 2.89. The smallest absolute Gasteiger partial charge is 0.315 e. The van der Waals surface area contributed by atoms with Gasteiger partial charge < -0.3 is 20.5 Å². The van der Waals surface area contributed by atoms with E-state index >= 15 is 0 Å². The van der Waals surface area contributed by atoms with Crippen molar-refractivity contribution in [3.05, 3.63) is 16.1 Å². The van der Waals surface area contributed by atoms with Gasteiger partial charge in [0.15, 0.2) is 0 Å². The number of hydrogen-bond acceptors (Lipinski definition) is 5. The number of carbonyl (C=O) groups is 2. The first-order chi connectivity index (χ1) is 10.0. The van der Waals surface area contributed by atoms with Crippen LogP contribution >= 0.6 is 11.3 Å². The third-order valence-corrected chi connectivity index (χ3v) is 4.52. The zero-order valence-corrected chi connectivity index (χ0v) is 12.7. The fourth-order valence-electron chi connectivity index (χ4n) is 2.18. The summed E-state index contributed by atoms with van der Waals surface area (Å²) in [5.74, 6) is -0.887. The summed E-state index contributed by atoms with van der Waals surface area (Å²) in [5, 5.41) is 17.4. The van der Waals surface area contributed by atoms with Crippen LogP contribution in [0.1, 0.15) is 23.5 Å². The van der Waals surface area contributed by atoms with Gasteiger partial charge in [0.2, 0.25) is 0 Å². The van der Waals surface area contributed by atoms with Gasteiger partial charge in [-0.15, -0.1) is 11.3 Å². The van der Waals surface area contributed by atoms with E-state index in [1.54, 1.807) is 0 Å². The molecule has 1 saturated heterocycles.